The summed E-state index contributed by atoms with van der Waals surface area (Å²) < 4.78 is 0. The van der Waals surface area contributed by atoms with Gasteiger partial charge in [0.2, 0.25) is 0 Å². The summed E-state index contributed by atoms with van der Waals surface area (Å²) in [5.41, 5.74) is 0.536. The number of nitrogens with one attached hydrogen (secondary N) is 2. The Kier molecular flexibility index (Phi) is 5.32. The fourth-order valence-corrected chi connectivity index (χ4v) is 2.07. The molecule has 1 aromatic heterocycles. The van der Waals surface area contributed by atoms with Gasteiger partial charge in [-0.2, -0.15) is 5.10 Å². The number of rotatable bonds is 6. The number of alkyl halides is 1. The van der Waals surface area contributed by atoms with Crippen LogP contribution in [0.2, 0.25) is 0 Å². The number of hydrogen-bond donors (Lipinski definition) is 2. The number of nitrogens with zero attached hydrogens (tertiary/aromatic N) is 1. The van der Waals surface area contributed by atoms with Crippen molar-refractivity contribution in [3.63, 3.8) is 0 Å². The minimum Gasteiger partial charge on any atom is -0.350 e. The van der Waals surface area contributed by atoms with E-state index in [4.69, 9.17) is 11.6 Å². The molecule has 1 aromatic rings. The highest BCUT2D eigenvalue weighted by atomic mass is 35.5. The lowest BCUT2D eigenvalue weighted by Crippen LogP contribution is -2.33. The van der Waals surface area contributed by atoms with Crippen molar-refractivity contribution in [2.75, 3.05) is 6.54 Å². The van der Waals surface area contributed by atoms with Crippen LogP contribution in [0, 0.1) is 5.92 Å². The second kappa shape index (κ2) is 6.53. The SMILES string of the molecule is CCC(CC)C(Cl)CNC(=O)c1cn[nH]c1. The maximum atomic E-state index is 11.6. The van der Waals surface area contributed by atoms with Crippen molar-refractivity contribution in [2.24, 2.45) is 5.92 Å². The Labute approximate surface area is 101 Å². The fraction of sp³-hybridized carbons (Fsp3) is 0.636. The predicted molar refractivity (Wildman–Crippen MR) is 64.6 cm³/mol. The number of carbonyl (C=O) groups excluding carboxylic acids is 1. The third kappa shape index (κ3) is 3.52. The van der Waals surface area contributed by atoms with E-state index < -0.39 is 0 Å². The molecule has 16 heavy (non-hydrogen) atoms. The van der Waals surface area contributed by atoms with E-state index in [-0.39, 0.29) is 11.3 Å². The van der Waals surface area contributed by atoms with Crippen LogP contribution in [0.25, 0.3) is 0 Å². The lowest BCUT2D eigenvalue weighted by atomic mass is 9.99. The first kappa shape index (κ1) is 13.0. The number of aromatic amines is 1. The zero-order valence-electron chi connectivity index (χ0n) is 9.66. The second-order valence-corrected chi connectivity index (χ2v) is 4.35. The van der Waals surface area contributed by atoms with Crippen LogP contribution in [0.15, 0.2) is 12.4 Å². The molecule has 0 fully saturated rings. The van der Waals surface area contributed by atoms with Gasteiger partial charge in [0.15, 0.2) is 0 Å². The summed E-state index contributed by atoms with van der Waals surface area (Å²) in [6, 6.07) is 0. The van der Waals surface area contributed by atoms with Gasteiger partial charge in [-0.15, -0.1) is 11.6 Å². The van der Waals surface area contributed by atoms with E-state index in [2.05, 4.69) is 29.4 Å². The summed E-state index contributed by atoms with van der Waals surface area (Å²) in [4.78, 5) is 11.6. The van der Waals surface area contributed by atoms with Gasteiger partial charge in [-0.25, -0.2) is 0 Å². The lowest BCUT2D eigenvalue weighted by Gasteiger charge is -2.19. The summed E-state index contributed by atoms with van der Waals surface area (Å²) in [7, 11) is 0. The third-order valence-corrected chi connectivity index (χ3v) is 3.29. The van der Waals surface area contributed by atoms with Gasteiger partial charge in [0.1, 0.15) is 0 Å². The van der Waals surface area contributed by atoms with Crippen LogP contribution >= 0.6 is 11.6 Å². The summed E-state index contributed by atoms with van der Waals surface area (Å²) >= 11 is 6.21. The van der Waals surface area contributed by atoms with Crippen LogP contribution in [0.5, 0.6) is 0 Å². The van der Waals surface area contributed by atoms with Crippen molar-refractivity contribution in [2.45, 2.75) is 32.1 Å². The molecule has 1 heterocycles. The quantitative estimate of drug-likeness (QED) is 0.753. The minimum atomic E-state index is -0.134. The average Bonchev–Trinajstić information content (AvgIpc) is 2.81. The molecule has 1 amide bonds. The highest BCUT2D eigenvalue weighted by Crippen LogP contribution is 2.17. The number of aromatic nitrogens is 2. The predicted octanol–water partition coefficient (Wildman–Crippen LogP) is 2.18. The largest absolute Gasteiger partial charge is 0.350 e. The smallest absolute Gasteiger partial charge is 0.254 e. The van der Waals surface area contributed by atoms with Gasteiger partial charge in [-0.1, -0.05) is 26.7 Å². The molecule has 1 atom stereocenters. The zero-order valence-corrected chi connectivity index (χ0v) is 10.4. The van der Waals surface area contributed by atoms with Crippen LogP contribution in [-0.2, 0) is 0 Å². The molecular formula is C11H18ClN3O. The van der Waals surface area contributed by atoms with Gasteiger partial charge < -0.3 is 5.32 Å². The van der Waals surface area contributed by atoms with Gasteiger partial charge in [0, 0.05) is 12.7 Å². The van der Waals surface area contributed by atoms with Gasteiger partial charge in [0.25, 0.3) is 5.91 Å². The number of carbonyl (C=O) groups is 1. The Morgan fingerprint density at radius 3 is 2.75 bits per heavy atom. The van der Waals surface area contributed by atoms with E-state index in [0.717, 1.165) is 12.8 Å². The van der Waals surface area contributed by atoms with Crippen LogP contribution in [0.4, 0.5) is 0 Å². The lowest BCUT2D eigenvalue weighted by molar-refractivity contribution is 0.0951. The van der Waals surface area contributed by atoms with Crippen molar-refractivity contribution < 1.29 is 4.79 Å². The van der Waals surface area contributed by atoms with E-state index in [0.29, 0.717) is 18.0 Å². The Balaban J connectivity index is 2.37. The molecule has 0 aromatic carbocycles. The molecule has 1 rings (SSSR count). The number of hydrogen-bond acceptors (Lipinski definition) is 2. The first-order valence-corrected chi connectivity index (χ1v) is 6.03. The van der Waals surface area contributed by atoms with E-state index in [1.165, 1.54) is 6.20 Å². The van der Waals surface area contributed by atoms with Crippen molar-refractivity contribution in [3.8, 4) is 0 Å². The Morgan fingerprint density at radius 1 is 1.56 bits per heavy atom. The summed E-state index contributed by atoms with van der Waals surface area (Å²) in [5, 5.41) is 9.11. The van der Waals surface area contributed by atoms with Crippen molar-refractivity contribution in [3.05, 3.63) is 18.0 Å². The summed E-state index contributed by atoms with van der Waals surface area (Å²) in [6.07, 6.45) is 5.13. The van der Waals surface area contributed by atoms with Crippen LogP contribution in [0.1, 0.15) is 37.0 Å². The number of amides is 1. The molecule has 0 bridgehead atoms. The maximum Gasteiger partial charge on any atom is 0.254 e. The van der Waals surface area contributed by atoms with E-state index in [9.17, 15) is 4.79 Å². The molecule has 4 nitrogen and oxygen atoms in total. The molecule has 0 aliphatic heterocycles. The van der Waals surface area contributed by atoms with Crippen LogP contribution in [-0.4, -0.2) is 28.0 Å². The standard InChI is InChI=1S/C11H18ClN3O/c1-3-8(4-2)10(12)7-13-11(16)9-5-14-15-6-9/h5-6,8,10H,3-4,7H2,1-2H3,(H,13,16)(H,14,15). The van der Waals surface area contributed by atoms with E-state index in [1.54, 1.807) is 6.20 Å². The van der Waals surface area contributed by atoms with Gasteiger partial charge in [0.05, 0.1) is 17.1 Å². The zero-order chi connectivity index (χ0) is 12.0. The first-order chi connectivity index (χ1) is 7.69. The van der Waals surface area contributed by atoms with Crippen molar-refractivity contribution in [1.82, 2.24) is 15.5 Å². The maximum absolute atomic E-state index is 11.6. The summed E-state index contributed by atoms with van der Waals surface area (Å²) in [5.74, 6) is 0.316. The molecule has 0 saturated carbocycles. The van der Waals surface area contributed by atoms with E-state index >= 15 is 0 Å². The minimum absolute atomic E-state index is 0.00847. The normalized spacial score (nSPS) is 12.8. The summed E-state index contributed by atoms with van der Waals surface area (Å²) in [6.45, 7) is 4.72. The van der Waals surface area contributed by atoms with Gasteiger partial charge in [-0.05, 0) is 5.92 Å². The molecule has 90 valence electrons. The van der Waals surface area contributed by atoms with Crippen LogP contribution < -0.4 is 5.32 Å². The van der Waals surface area contributed by atoms with Gasteiger partial charge in [-0.3, -0.25) is 9.89 Å². The molecule has 0 radical (unpaired) electrons. The van der Waals surface area contributed by atoms with Crippen molar-refractivity contribution in [1.29, 1.82) is 0 Å². The number of halogens is 1. The average molecular weight is 244 g/mol. The Morgan fingerprint density at radius 2 is 2.25 bits per heavy atom. The second-order valence-electron chi connectivity index (χ2n) is 3.79. The molecule has 2 N–H and O–H groups in total. The number of H-pyrrole nitrogens is 1. The molecular weight excluding hydrogens is 226 g/mol. The van der Waals surface area contributed by atoms with Gasteiger partial charge >= 0.3 is 0 Å². The Bertz CT molecular complexity index is 309. The molecule has 0 aliphatic carbocycles. The first-order valence-electron chi connectivity index (χ1n) is 5.60. The molecule has 5 heteroatoms. The Hall–Kier alpha value is -1.03. The topological polar surface area (TPSA) is 57.8 Å². The van der Waals surface area contributed by atoms with E-state index in [1.807, 2.05) is 0 Å². The fourth-order valence-electron chi connectivity index (χ4n) is 1.63. The monoisotopic (exact) mass is 243 g/mol. The highest BCUT2D eigenvalue weighted by Gasteiger charge is 2.17. The third-order valence-electron chi connectivity index (χ3n) is 2.78. The van der Waals surface area contributed by atoms with Crippen molar-refractivity contribution >= 4 is 17.5 Å². The molecule has 0 aliphatic rings. The highest BCUT2D eigenvalue weighted by molar-refractivity contribution is 6.21. The van der Waals surface area contributed by atoms with Crippen LogP contribution in [0.3, 0.4) is 0 Å². The molecule has 0 spiro atoms. The molecule has 0 saturated heterocycles. The molecule has 1 unspecified atom stereocenters.